The highest BCUT2D eigenvalue weighted by atomic mass is 16.5. The normalized spacial score (nSPS) is 20.4. The molecule has 0 amide bonds. The fraction of sp³-hybridized carbons (Fsp3) is 0.556. The molecule has 1 aromatic heterocycles. The lowest BCUT2D eigenvalue weighted by molar-refractivity contribution is 0.122. The molecule has 36 heavy (non-hydrogen) atoms. The fourth-order valence-electron chi connectivity index (χ4n) is 4.65. The van der Waals surface area contributed by atoms with Crippen molar-refractivity contribution in [1.82, 2.24) is 9.97 Å². The van der Waals surface area contributed by atoms with Crippen LogP contribution in [0, 0.1) is 0 Å². The summed E-state index contributed by atoms with van der Waals surface area (Å²) in [7, 11) is 0. The van der Waals surface area contributed by atoms with Gasteiger partial charge in [0.25, 0.3) is 0 Å². The molecule has 4 rings (SSSR count). The Morgan fingerprint density at radius 2 is 1.92 bits per heavy atom. The second-order valence-electron chi connectivity index (χ2n) is 9.05. The topological polar surface area (TPSA) is 93.5 Å². The number of ether oxygens (including phenoxy) is 3. The van der Waals surface area contributed by atoms with Gasteiger partial charge in [0.1, 0.15) is 11.4 Å². The van der Waals surface area contributed by atoms with Crippen LogP contribution in [0.5, 0.6) is 5.75 Å². The molecule has 2 fully saturated rings. The van der Waals surface area contributed by atoms with Crippen molar-refractivity contribution in [2.75, 3.05) is 49.7 Å². The van der Waals surface area contributed by atoms with Gasteiger partial charge in [-0.3, -0.25) is 9.98 Å². The molecule has 194 valence electrons. The Morgan fingerprint density at radius 3 is 2.58 bits per heavy atom. The van der Waals surface area contributed by atoms with Crippen LogP contribution < -0.4 is 15.0 Å². The number of rotatable bonds is 11. The van der Waals surface area contributed by atoms with E-state index in [1.165, 1.54) is 0 Å². The van der Waals surface area contributed by atoms with Crippen LogP contribution in [0.3, 0.4) is 0 Å². The van der Waals surface area contributed by atoms with E-state index < -0.39 is 0 Å². The summed E-state index contributed by atoms with van der Waals surface area (Å²) in [5.41, 5.74) is 3.65. The number of benzene rings is 1. The zero-order chi connectivity index (χ0) is 25.2. The van der Waals surface area contributed by atoms with Crippen molar-refractivity contribution < 1.29 is 14.2 Å². The molecule has 0 unspecified atom stereocenters. The molecule has 9 heteroatoms. The van der Waals surface area contributed by atoms with Crippen LogP contribution in [0.15, 0.2) is 34.5 Å². The van der Waals surface area contributed by atoms with Crippen molar-refractivity contribution in [3.8, 4) is 5.75 Å². The third kappa shape index (κ3) is 7.01. The number of hydrogen-bond acceptors (Lipinski definition) is 9. The van der Waals surface area contributed by atoms with Gasteiger partial charge in [-0.15, -0.1) is 0 Å². The molecule has 1 saturated carbocycles. The Kier molecular flexibility index (Phi) is 9.63. The van der Waals surface area contributed by atoms with Crippen molar-refractivity contribution >= 4 is 35.9 Å². The first-order chi connectivity index (χ1) is 17.7. The second-order valence-corrected chi connectivity index (χ2v) is 9.05. The van der Waals surface area contributed by atoms with Gasteiger partial charge in [-0.1, -0.05) is 0 Å². The standard InChI is InChI=1S/C27H38N6O3/c1-4-29-24-16-22(33-11-14-35-15-12-33)17-25(26(24)28-3)36-23-8-6-21(7-9-23)32-27-30-18-20(19-31-27)10-13-34-5-2/h4,16-19,21,23H,3,5-15H2,1-2H3,(H,30,31,32). The van der Waals surface area contributed by atoms with Gasteiger partial charge < -0.3 is 24.4 Å². The summed E-state index contributed by atoms with van der Waals surface area (Å²) >= 11 is 0. The van der Waals surface area contributed by atoms with E-state index in [1.807, 2.05) is 26.2 Å². The van der Waals surface area contributed by atoms with E-state index in [9.17, 15) is 0 Å². The van der Waals surface area contributed by atoms with Crippen molar-refractivity contribution in [2.45, 2.75) is 58.1 Å². The number of nitrogens with zero attached hydrogens (tertiary/aromatic N) is 5. The molecule has 0 spiro atoms. The summed E-state index contributed by atoms with van der Waals surface area (Å²) < 4.78 is 17.4. The fourth-order valence-corrected chi connectivity index (χ4v) is 4.65. The first-order valence-electron chi connectivity index (χ1n) is 13.0. The summed E-state index contributed by atoms with van der Waals surface area (Å²) in [4.78, 5) is 20.1. The first kappa shape index (κ1) is 26.0. The van der Waals surface area contributed by atoms with Gasteiger partial charge in [0.2, 0.25) is 5.95 Å². The van der Waals surface area contributed by atoms with Gasteiger partial charge in [-0.05, 0) is 64.3 Å². The number of morpholine rings is 1. The van der Waals surface area contributed by atoms with Gasteiger partial charge in [0.15, 0.2) is 0 Å². The minimum atomic E-state index is 0.115. The molecule has 0 atom stereocenters. The van der Waals surface area contributed by atoms with E-state index in [-0.39, 0.29) is 6.10 Å². The largest absolute Gasteiger partial charge is 0.488 e. The Balaban J connectivity index is 1.36. The van der Waals surface area contributed by atoms with Crippen molar-refractivity contribution in [3.63, 3.8) is 0 Å². The predicted octanol–water partition coefficient (Wildman–Crippen LogP) is 4.75. The van der Waals surface area contributed by atoms with Crippen LogP contribution >= 0.6 is 0 Å². The molecule has 0 radical (unpaired) electrons. The van der Waals surface area contributed by atoms with E-state index >= 15 is 0 Å². The lowest BCUT2D eigenvalue weighted by atomic mass is 9.93. The predicted molar refractivity (Wildman–Crippen MR) is 145 cm³/mol. The minimum Gasteiger partial charge on any atom is -0.488 e. The van der Waals surface area contributed by atoms with Crippen LogP contribution in [0.2, 0.25) is 0 Å². The van der Waals surface area contributed by atoms with Gasteiger partial charge in [-0.2, -0.15) is 0 Å². The number of anilines is 2. The maximum Gasteiger partial charge on any atom is 0.222 e. The highest BCUT2D eigenvalue weighted by Gasteiger charge is 2.25. The van der Waals surface area contributed by atoms with Crippen LogP contribution in [0.4, 0.5) is 23.0 Å². The maximum absolute atomic E-state index is 6.52. The number of aromatic nitrogens is 2. The monoisotopic (exact) mass is 494 g/mol. The summed E-state index contributed by atoms with van der Waals surface area (Å²) in [6, 6.07) is 4.47. The third-order valence-corrected chi connectivity index (χ3v) is 6.59. The molecule has 1 saturated heterocycles. The third-order valence-electron chi connectivity index (χ3n) is 6.59. The van der Waals surface area contributed by atoms with Crippen LogP contribution in [-0.4, -0.2) is 74.6 Å². The Morgan fingerprint density at radius 1 is 1.17 bits per heavy atom. The number of nitrogens with one attached hydrogen (secondary N) is 1. The SMILES string of the molecule is C=Nc1c(N=CC)cc(N2CCOCC2)cc1OC1CCC(Nc2ncc(CCOCC)cn2)CC1. The summed E-state index contributed by atoms with van der Waals surface area (Å²) in [6.45, 7) is 12.3. The molecule has 2 aliphatic rings. The van der Waals surface area contributed by atoms with Crippen molar-refractivity contribution in [2.24, 2.45) is 9.98 Å². The van der Waals surface area contributed by atoms with Gasteiger partial charge in [0, 0.05) is 56.1 Å². The van der Waals surface area contributed by atoms with E-state index in [0.29, 0.717) is 24.3 Å². The maximum atomic E-state index is 6.52. The van der Waals surface area contributed by atoms with E-state index in [2.05, 4.69) is 49.0 Å². The number of aliphatic imine (C=N–C) groups is 2. The lowest BCUT2D eigenvalue weighted by Crippen LogP contribution is -2.36. The Hall–Kier alpha value is -3.04. The Bertz CT molecular complexity index is 999. The molecular formula is C27H38N6O3. The van der Waals surface area contributed by atoms with Gasteiger partial charge in [0.05, 0.1) is 31.6 Å². The number of hydrogen-bond donors (Lipinski definition) is 1. The second kappa shape index (κ2) is 13.3. The molecular weight excluding hydrogens is 456 g/mol. The molecule has 2 heterocycles. The molecule has 1 aliphatic carbocycles. The molecule has 2 aromatic rings. The quantitative estimate of drug-likeness (QED) is 0.356. The lowest BCUT2D eigenvalue weighted by Gasteiger charge is -2.32. The molecule has 1 N–H and O–H groups in total. The average molecular weight is 495 g/mol. The summed E-state index contributed by atoms with van der Waals surface area (Å²) in [5.74, 6) is 1.43. The minimum absolute atomic E-state index is 0.115. The first-order valence-corrected chi connectivity index (χ1v) is 13.0. The molecule has 1 aromatic carbocycles. The van der Waals surface area contributed by atoms with E-state index in [4.69, 9.17) is 14.2 Å². The smallest absolute Gasteiger partial charge is 0.222 e. The van der Waals surface area contributed by atoms with Gasteiger partial charge in [-0.25, -0.2) is 9.97 Å². The molecule has 1 aliphatic heterocycles. The van der Waals surface area contributed by atoms with Crippen molar-refractivity contribution in [3.05, 3.63) is 30.1 Å². The van der Waals surface area contributed by atoms with Crippen LogP contribution in [-0.2, 0) is 15.9 Å². The Labute approximate surface area is 214 Å². The highest BCUT2D eigenvalue weighted by molar-refractivity contribution is 5.80. The summed E-state index contributed by atoms with van der Waals surface area (Å²) in [6.07, 6.45) is 10.3. The summed E-state index contributed by atoms with van der Waals surface area (Å²) in [5, 5.41) is 3.49. The zero-order valence-corrected chi connectivity index (χ0v) is 21.5. The van der Waals surface area contributed by atoms with Crippen LogP contribution in [0.1, 0.15) is 45.1 Å². The van der Waals surface area contributed by atoms with E-state index in [1.54, 1.807) is 6.21 Å². The highest BCUT2D eigenvalue weighted by Crippen LogP contribution is 2.43. The molecule has 9 nitrogen and oxygen atoms in total. The van der Waals surface area contributed by atoms with Crippen LogP contribution in [0.25, 0.3) is 0 Å². The average Bonchev–Trinajstić information content (AvgIpc) is 2.91. The van der Waals surface area contributed by atoms with Crippen molar-refractivity contribution in [1.29, 1.82) is 0 Å². The van der Waals surface area contributed by atoms with Gasteiger partial charge >= 0.3 is 0 Å². The van der Waals surface area contributed by atoms with E-state index in [0.717, 1.165) is 87.7 Å². The molecule has 0 bridgehead atoms. The zero-order valence-electron chi connectivity index (χ0n) is 21.5.